The summed E-state index contributed by atoms with van der Waals surface area (Å²) in [4.78, 5) is 43.7. The second-order valence-corrected chi connectivity index (χ2v) is 10.4. The number of carbonyl (C=O) groups excluding carboxylic acids is 3. The van der Waals surface area contributed by atoms with Crippen LogP contribution >= 0.6 is 0 Å². The number of amides is 4. The van der Waals surface area contributed by atoms with E-state index in [0.29, 0.717) is 13.0 Å². The van der Waals surface area contributed by atoms with Gasteiger partial charge in [0, 0.05) is 19.5 Å². The van der Waals surface area contributed by atoms with Crippen LogP contribution in [-0.4, -0.2) is 53.3 Å². The summed E-state index contributed by atoms with van der Waals surface area (Å²) in [7, 11) is 0. The Morgan fingerprint density at radius 2 is 1.60 bits per heavy atom. The zero-order chi connectivity index (χ0) is 30.6. The Kier molecular flexibility index (Phi) is 8.66. The van der Waals surface area contributed by atoms with Crippen molar-refractivity contribution in [3.8, 4) is 0 Å². The summed E-state index contributed by atoms with van der Waals surface area (Å²) in [5.41, 5.74) is 0.914. The molecular weight excluding hydrogens is 557 g/mol. The summed E-state index contributed by atoms with van der Waals surface area (Å²) in [5, 5.41) is 5.54. The Morgan fingerprint density at radius 3 is 2.26 bits per heavy atom. The minimum absolute atomic E-state index is 0.00768. The maximum absolute atomic E-state index is 14.2. The molecule has 2 aliphatic rings. The third-order valence-electron chi connectivity index (χ3n) is 7.65. The first-order valence-corrected chi connectivity index (χ1v) is 13.9. The van der Waals surface area contributed by atoms with E-state index in [4.69, 9.17) is 0 Å². The molecular formula is C33H31F3N4O3. The van der Waals surface area contributed by atoms with E-state index >= 15 is 0 Å². The topological polar surface area (TPSA) is 81.8 Å². The number of hydrogen-bond donors (Lipinski definition) is 2. The standard InChI is InChI=1S/C33H31F3N4O3/c1-2-19-39-27-21-40(31(42)28(27)29(38-32(39)43)24-15-9-10-16-25(24)33(34,35)36)26(20-23-13-7-4-8-14-23)30(41)37-18-17-22-11-5-3-6-12-22/h2-16,26,29H,1,17-21H2,(H,37,41)(H,38,43)/t26-,29+/m1/s1. The summed E-state index contributed by atoms with van der Waals surface area (Å²) in [6.07, 6.45) is -2.48. The van der Waals surface area contributed by atoms with Crippen molar-refractivity contribution in [2.75, 3.05) is 19.6 Å². The number of urea groups is 1. The van der Waals surface area contributed by atoms with E-state index < -0.39 is 41.7 Å². The minimum Gasteiger partial charge on any atom is -0.354 e. The number of nitrogens with one attached hydrogen (secondary N) is 2. The van der Waals surface area contributed by atoms with Gasteiger partial charge in [0.15, 0.2) is 0 Å². The Morgan fingerprint density at radius 1 is 0.977 bits per heavy atom. The Labute approximate surface area is 247 Å². The molecule has 0 fully saturated rings. The van der Waals surface area contributed by atoms with E-state index in [1.807, 2.05) is 60.7 Å². The van der Waals surface area contributed by atoms with Gasteiger partial charge in [-0.3, -0.25) is 14.5 Å². The van der Waals surface area contributed by atoms with Crippen molar-refractivity contribution >= 4 is 17.8 Å². The molecule has 0 saturated heterocycles. The predicted octanol–water partition coefficient (Wildman–Crippen LogP) is 5.02. The molecule has 3 aromatic rings. The summed E-state index contributed by atoms with van der Waals surface area (Å²) in [6, 6.07) is 20.7. The highest BCUT2D eigenvalue weighted by Crippen LogP contribution is 2.42. The molecule has 222 valence electrons. The van der Waals surface area contributed by atoms with Gasteiger partial charge in [-0.1, -0.05) is 84.9 Å². The molecule has 5 rings (SSSR count). The van der Waals surface area contributed by atoms with Gasteiger partial charge in [0.25, 0.3) is 5.91 Å². The zero-order valence-corrected chi connectivity index (χ0v) is 23.3. The van der Waals surface area contributed by atoms with E-state index in [1.54, 1.807) is 0 Å². The lowest BCUT2D eigenvalue weighted by molar-refractivity contribution is -0.138. The van der Waals surface area contributed by atoms with Crippen LogP contribution in [0.15, 0.2) is 109 Å². The van der Waals surface area contributed by atoms with Crippen molar-refractivity contribution in [3.63, 3.8) is 0 Å². The lowest BCUT2D eigenvalue weighted by atomic mass is 9.91. The maximum Gasteiger partial charge on any atom is 0.416 e. The Hall–Kier alpha value is -4.86. The molecule has 0 aromatic heterocycles. The predicted molar refractivity (Wildman–Crippen MR) is 155 cm³/mol. The molecule has 7 nitrogen and oxygen atoms in total. The average molecular weight is 589 g/mol. The molecule has 3 aromatic carbocycles. The number of nitrogens with zero attached hydrogens (tertiary/aromatic N) is 2. The van der Waals surface area contributed by atoms with Crippen LogP contribution in [0.5, 0.6) is 0 Å². The smallest absolute Gasteiger partial charge is 0.354 e. The van der Waals surface area contributed by atoms with Crippen LogP contribution in [0.25, 0.3) is 0 Å². The maximum atomic E-state index is 14.2. The van der Waals surface area contributed by atoms with Gasteiger partial charge in [-0.05, 0) is 29.2 Å². The van der Waals surface area contributed by atoms with E-state index in [1.165, 1.54) is 34.1 Å². The molecule has 43 heavy (non-hydrogen) atoms. The van der Waals surface area contributed by atoms with Crippen LogP contribution in [0.4, 0.5) is 18.0 Å². The van der Waals surface area contributed by atoms with E-state index in [0.717, 1.165) is 17.2 Å². The lowest BCUT2D eigenvalue weighted by Gasteiger charge is -2.33. The number of benzene rings is 3. The molecule has 2 N–H and O–H groups in total. The van der Waals surface area contributed by atoms with Gasteiger partial charge in [-0.15, -0.1) is 6.58 Å². The van der Waals surface area contributed by atoms with Gasteiger partial charge in [0.2, 0.25) is 5.91 Å². The highest BCUT2D eigenvalue weighted by atomic mass is 19.4. The molecule has 4 amide bonds. The van der Waals surface area contributed by atoms with Crippen LogP contribution in [0, 0.1) is 0 Å². The second-order valence-electron chi connectivity index (χ2n) is 10.4. The van der Waals surface area contributed by atoms with Crippen LogP contribution in [0.2, 0.25) is 0 Å². The second kappa shape index (κ2) is 12.6. The van der Waals surface area contributed by atoms with Crippen LogP contribution < -0.4 is 10.6 Å². The number of rotatable bonds is 10. The van der Waals surface area contributed by atoms with Gasteiger partial charge < -0.3 is 15.5 Å². The first kappa shape index (κ1) is 29.6. The molecule has 0 spiro atoms. The third-order valence-corrected chi connectivity index (χ3v) is 7.65. The molecule has 2 aliphatic heterocycles. The van der Waals surface area contributed by atoms with Crippen molar-refractivity contribution in [2.45, 2.75) is 31.1 Å². The molecule has 0 saturated carbocycles. The van der Waals surface area contributed by atoms with Gasteiger partial charge in [0.05, 0.1) is 29.4 Å². The fraction of sp³-hybridized carbons (Fsp3) is 0.242. The zero-order valence-electron chi connectivity index (χ0n) is 23.3. The SMILES string of the molecule is C=CCN1C(=O)N[C@@H](c2ccccc2C(F)(F)F)C2=C1CN([C@H](Cc1ccccc1)C(=O)NCCc1ccccc1)C2=O. The van der Waals surface area contributed by atoms with Gasteiger partial charge in [0.1, 0.15) is 6.04 Å². The van der Waals surface area contributed by atoms with Crippen LogP contribution in [0.1, 0.15) is 28.3 Å². The summed E-state index contributed by atoms with van der Waals surface area (Å²) >= 11 is 0. The van der Waals surface area contributed by atoms with Crippen molar-refractivity contribution in [2.24, 2.45) is 0 Å². The van der Waals surface area contributed by atoms with E-state index in [9.17, 15) is 27.6 Å². The first-order chi connectivity index (χ1) is 20.7. The van der Waals surface area contributed by atoms with E-state index in [-0.39, 0.29) is 36.3 Å². The highest BCUT2D eigenvalue weighted by molar-refractivity contribution is 6.03. The third kappa shape index (κ3) is 6.33. The Balaban J connectivity index is 1.49. The van der Waals surface area contributed by atoms with Crippen LogP contribution in [0.3, 0.4) is 0 Å². The molecule has 10 heteroatoms. The van der Waals surface area contributed by atoms with Crippen molar-refractivity contribution in [3.05, 3.63) is 131 Å². The summed E-state index contributed by atoms with van der Waals surface area (Å²) in [6.45, 7) is 3.93. The molecule has 2 heterocycles. The fourth-order valence-electron chi connectivity index (χ4n) is 5.60. The molecule has 2 atom stereocenters. The van der Waals surface area contributed by atoms with E-state index in [2.05, 4.69) is 17.2 Å². The largest absolute Gasteiger partial charge is 0.416 e. The normalized spacial score (nSPS) is 17.4. The fourth-order valence-corrected chi connectivity index (χ4v) is 5.60. The molecule has 0 unspecified atom stereocenters. The minimum atomic E-state index is -4.71. The quantitative estimate of drug-likeness (QED) is 0.327. The molecule has 0 radical (unpaired) electrons. The first-order valence-electron chi connectivity index (χ1n) is 13.9. The van der Waals surface area contributed by atoms with Gasteiger partial charge >= 0.3 is 12.2 Å². The van der Waals surface area contributed by atoms with Crippen molar-refractivity contribution in [1.82, 2.24) is 20.4 Å². The van der Waals surface area contributed by atoms with Crippen molar-refractivity contribution < 1.29 is 27.6 Å². The number of carbonyl (C=O) groups is 3. The summed E-state index contributed by atoms with van der Waals surface area (Å²) < 4.78 is 42.1. The lowest BCUT2D eigenvalue weighted by Crippen LogP contribution is -2.50. The number of hydrogen-bond acceptors (Lipinski definition) is 3. The van der Waals surface area contributed by atoms with Crippen LogP contribution in [-0.2, 0) is 28.6 Å². The molecule has 0 bridgehead atoms. The Bertz CT molecular complexity index is 1540. The van der Waals surface area contributed by atoms with Gasteiger partial charge in [-0.25, -0.2) is 4.79 Å². The average Bonchev–Trinajstić information content (AvgIpc) is 3.34. The monoisotopic (exact) mass is 588 g/mol. The number of halogens is 3. The highest BCUT2D eigenvalue weighted by Gasteiger charge is 2.48. The van der Waals surface area contributed by atoms with Gasteiger partial charge in [-0.2, -0.15) is 13.2 Å². The molecule has 0 aliphatic carbocycles. The number of alkyl halides is 3. The van der Waals surface area contributed by atoms with Crippen molar-refractivity contribution in [1.29, 1.82) is 0 Å². The summed E-state index contributed by atoms with van der Waals surface area (Å²) in [5.74, 6) is -1.00.